The topological polar surface area (TPSA) is 20.3 Å². The maximum atomic E-state index is 11.6. The predicted molar refractivity (Wildman–Crippen MR) is 82.8 cm³/mol. The first-order chi connectivity index (χ1) is 9.11. The minimum Gasteiger partial charge on any atom is -0.343 e. The fraction of sp³-hybridized carbons (Fsp3) is 0.438. The molecule has 0 aliphatic carbocycles. The first-order valence-electron chi connectivity index (χ1n) is 6.84. The highest BCUT2D eigenvalue weighted by Crippen LogP contribution is 2.31. The van der Waals surface area contributed by atoms with Crippen molar-refractivity contribution in [3.8, 4) is 0 Å². The number of halogens is 1. The number of hydrogen-bond donors (Lipinski definition) is 0. The fourth-order valence-electron chi connectivity index (χ4n) is 2.60. The molecule has 2 rings (SSSR count). The van der Waals surface area contributed by atoms with E-state index in [0.717, 1.165) is 30.4 Å². The Morgan fingerprint density at radius 3 is 2.42 bits per heavy atom. The molecule has 0 spiro atoms. The minimum absolute atomic E-state index is 0.271. The molecule has 0 N–H and O–H groups in total. The largest absolute Gasteiger partial charge is 0.343 e. The standard InChI is InChI=1S/C16H20BrNO/c1-3-16(19)18-10-8-14(9-11-18)12(2)13-4-6-15(17)7-5-13/h4-7,14H,2-3,8-11H2,1H3. The van der Waals surface area contributed by atoms with E-state index < -0.39 is 0 Å². The summed E-state index contributed by atoms with van der Waals surface area (Å²) < 4.78 is 1.09. The number of allylic oxidation sites excluding steroid dienone is 1. The first-order valence-corrected chi connectivity index (χ1v) is 7.63. The highest BCUT2D eigenvalue weighted by Gasteiger charge is 2.23. The van der Waals surface area contributed by atoms with Crippen LogP contribution in [0.25, 0.3) is 5.57 Å². The van der Waals surface area contributed by atoms with Gasteiger partial charge in [0.05, 0.1) is 0 Å². The number of carbonyl (C=O) groups is 1. The van der Waals surface area contributed by atoms with Crippen LogP contribution in [0.1, 0.15) is 31.7 Å². The molecule has 1 aromatic rings. The molecule has 1 fully saturated rings. The molecule has 3 heteroatoms. The van der Waals surface area contributed by atoms with E-state index in [9.17, 15) is 4.79 Å². The quantitative estimate of drug-likeness (QED) is 0.820. The van der Waals surface area contributed by atoms with Gasteiger partial charge in [0.2, 0.25) is 5.91 Å². The Morgan fingerprint density at radius 2 is 1.89 bits per heavy atom. The Morgan fingerprint density at radius 1 is 1.32 bits per heavy atom. The van der Waals surface area contributed by atoms with Gasteiger partial charge in [0, 0.05) is 24.0 Å². The van der Waals surface area contributed by atoms with Crippen molar-refractivity contribution in [1.29, 1.82) is 0 Å². The van der Waals surface area contributed by atoms with Crippen LogP contribution >= 0.6 is 15.9 Å². The van der Waals surface area contributed by atoms with Crippen molar-refractivity contribution in [3.05, 3.63) is 40.9 Å². The Bertz CT molecular complexity index is 458. The van der Waals surface area contributed by atoms with Crippen LogP contribution in [0.3, 0.4) is 0 Å². The summed E-state index contributed by atoms with van der Waals surface area (Å²) in [7, 11) is 0. The summed E-state index contributed by atoms with van der Waals surface area (Å²) in [6.07, 6.45) is 2.67. The summed E-state index contributed by atoms with van der Waals surface area (Å²) in [6, 6.07) is 8.32. The number of rotatable bonds is 3. The van der Waals surface area contributed by atoms with Crippen LogP contribution in [0.2, 0.25) is 0 Å². The molecule has 1 aromatic carbocycles. The number of nitrogens with zero attached hydrogens (tertiary/aromatic N) is 1. The van der Waals surface area contributed by atoms with E-state index in [1.807, 2.05) is 11.8 Å². The summed E-state index contributed by atoms with van der Waals surface area (Å²) in [5.41, 5.74) is 2.42. The third kappa shape index (κ3) is 3.47. The SMILES string of the molecule is C=C(c1ccc(Br)cc1)C1CCN(C(=O)CC)CC1. The van der Waals surface area contributed by atoms with Gasteiger partial charge in [0.15, 0.2) is 0 Å². The van der Waals surface area contributed by atoms with Gasteiger partial charge in [-0.15, -0.1) is 0 Å². The molecule has 1 aliphatic rings. The van der Waals surface area contributed by atoms with Crippen molar-refractivity contribution in [2.75, 3.05) is 13.1 Å². The maximum Gasteiger partial charge on any atom is 0.222 e. The van der Waals surface area contributed by atoms with Gasteiger partial charge in [-0.3, -0.25) is 4.79 Å². The average molecular weight is 322 g/mol. The van der Waals surface area contributed by atoms with E-state index in [4.69, 9.17) is 0 Å². The molecule has 0 bridgehead atoms. The van der Waals surface area contributed by atoms with Gasteiger partial charge in [-0.05, 0) is 42.0 Å². The lowest BCUT2D eigenvalue weighted by Crippen LogP contribution is -2.38. The van der Waals surface area contributed by atoms with Crippen LogP contribution in [-0.2, 0) is 4.79 Å². The van der Waals surface area contributed by atoms with Crippen LogP contribution in [0.4, 0.5) is 0 Å². The molecular weight excluding hydrogens is 302 g/mol. The first kappa shape index (κ1) is 14.3. The number of carbonyl (C=O) groups excluding carboxylic acids is 1. The van der Waals surface area contributed by atoms with E-state index in [-0.39, 0.29) is 5.91 Å². The molecule has 0 saturated carbocycles. The third-order valence-electron chi connectivity index (χ3n) is 3.86. The molecule has 1 aliphatic heterocycles. The molecule has 102 valence electrons. The maximum absolute atomic E-state index is 11.6. The monoisotopic (exact) mass is 321 g/mol. The van der Waals surface area contributed by atoms with Gasteiger partial charge in [0.1, 0.15) is 0 Å². The van der Waals surface area contributed by atoms with Gasteiger partial charge in [-0.1, -0.05) is 41.6 Å². The summed E-state index contributed by atoms with van der Waals surface area (Å²) >= 11 is 3.45. The number of amides is 1. The zero-order chi connectivity index (χ0) is 13.8. The van der Waals surface area contributed by atoms with Crippen molar-refractivity contribution in [2.45, 2.75) is 26.2 Å². The van der Waals surface area contributed by atoms with Crippen molar-refractivity contribution in [3.63, 3.8) is 0 Å². The Balaban J connectivity index is 1.96. The normalized spacial score (nSPS) is 16.4. The molecule has 0 radical (unpaired) electrons. The fourth-order valence-corrected chi connectivity index (χ4v) is 2.86. The van der Waals surface area contributed by atoms with Crippen molar-refractivity contribution >= 4 is 27.4 Å². The number of piperidine rings is 1. The van der Waals surface area contributed by atoms with Gasteiger partial charge in [0.25, 0.3) is 0 Å². The van der Waals surface area contributed by atoms with Gasteiger partial charge < -0.3 is 4.90 Å². The predicted octanol–water partition coefficient (Wildman–Crippen LogP) is 4.11. The second kappa shape index (κ2) is 6.38. The number of benzene rings is 1. The van der Waals surface area contributed by atoms with Gasteiger partial charge >= 0.3 is 0 Å². The molecule has 19 heavy (non-hydrogen) atoms. The van der Waals surface area contributed by atoms with Crippen LogP contribution in [-0.4, -0.2) is 23.9 Å². The zero-order valence-electron chi connectivity index (χ0n) is 11.4. The van der Waals surface area contributed by atoms with E-state index >= 15 is 0 Å². The molecule has 1 amide bonds. The van der Waals surface area contributed by atoms with Crippen molar-refractivity contribution < 1.29 is 4.79 Å². The average Bonchev–Trinajstić information content (AvgIpc) is 2.46. The molecule has 0 unspecified atom stereocenters. The molecular formula is C16H20BrNO. The molecule has 0 atom stereocenters. The second-order valence-electron chi connectivity index (χ2n) is 5.04. The van der Waals surface area contributed by atoms with E-state index in [1.54, 1.807) is 0 Å². The van der Waals surface area contributed by atoms with Crippen LogP contribution < -0.4 is 0 Å². The third-order valence-corrected chi connectivity index (χ3v) is 4.39. The minimum atomic E-state index is 0.271. The second-order valence-corrected chi connectivity index (χ2v) is 5.96. The van der Waals surface area contributed by atoms with Crippen molar-refractivity contribution in [1.82, 2.24) is 4.90 Å². The summed E-state index contributed by atoms with van der Waals surface area (Å²) in [5.74, 6) is 0.773. The van der Waals surface area contributed by atoms with E-state index in [0.29, 0.717) is 12.3 Å². The Kier molecular flexibility index (Phi) is 4.81. The number of likely N-dealkylation sites (tertiary alicyclic amines) is 1. The smallest absolute Gasteiger partial charge is 0.222 e. The molecule has 0 aromatic heterocycles. The summed E-state index contributed by atoms with van der Waals surface area (Å²) in [4.78, 5) is 13.6. The highest BCUT2D eigenvalue weighted by molar-refractivity contribution is 9.10. The summed E-state index contributed by atoms with van der Waals surface area (Å²) in [5, 5.41) is 0. The lowest BCUT2D eigenvalue weighted by molar-refractivity contribution is -0.131. The summed E-state index contributed by atoms with van der Waals surface area (Å²) in [6.45, 7) is 7.91. The van der Waals surface area contributed by atoms with Gasteiger partial charge in [-0.25, -0.2) is 0 Å². The van der Waals surface area contributed by atoms with Crippen LogP contribution in [0, 0.1) is 5.92 Å². The van der Waals surface area contributed by atoms with Gasteiger partial charge in [-0.2, -0.15) is 0 Å². The number of hydrogen-bond acceptors (Lipinski definition) is 1. The van der Waals surface area contributed by atoms with Crippen LogP contribution in [0.15, 0.2) is 35.3 Å². The lowest BCUT2D eigenvalue weighted by Gasteiger charge is -2.33. The highest BCUT2D eigenvalue weighted by atomic mass is 79.9. The van der Waals surface area contributed by atoms with Crippen LogP contribution in [0.5, 0.6) is 0 Å². The van der Waals surface area contributed by atoms with Crippen molar-refractivity contribution in [2.24, 2.45) is 5.92 Å². The molecule has 1 heterocycles. The molecule has 2 nitrogen and oxygen atoms in total. The molecule has 1 saturated heterocycles. The Hall–Kier alpha value is -1.09. The lowest BCUT2D eigenvalue weighted by atomic mass is 9.86. The van der Waals surface area contributed by atoms with E-state index in [1.165, 1.54) is 11.1 Å². The Labute approximate surface area is 123 Å². The zero-order valence-corrected chi connectivity index (χ0v) is 12.9. The van der Waals surface area contributed by atoms with E-state index in [2.05, 4.69) is 46.8 Å².